The van der Waals surface area contributed by atoms with Crippen LogP contribution in [-0.2, 0) is 6.42 Å². The Balaban J connectivity index is 1.53. The van der Waals surface area contributed by atoms with Crippen LogP contribution in [0, 0.1) is 0 Å². The Kier molecular flexibility index (Phi) is 4.25. The predicted octanol–water partition coefficient (Wildman–Crippen LogP) is 3.89. The lowest BCUT2D eigenvalue weighted by molar-refractivity contribution is 0.880. The monoisotopic (exact) mass is 319 g/mol. The number of benzene rings is 1. The highest BCUT2D eigenvalue weighted by molar-refractivity contribution is 7.80. The first-order chi connectivity index (χ1) is 9.83. The van der Waals surface area contributed by atoms with Crippen molar-refractivity contribution in [2.24, 2.45) is 0 Å². The highest BCUT2D eigenvalue weighted by Crippen LogP contribution is 2.25. The van der Waals surface area contributed by atoms with Crippen molar-refractivity contribution in [3.8, 4) is 0 Å². The molecule has 3 rings (SSSR count). The van der Waals surface area contributed by atoms with Crippen LogP contribution in [0.2, 0.25) is 0 Å². The third-order valence-electron chi connectivity index (χ3n) is 2.89. The van der Waals surface area contributed by atoms with Gasteiger partial charge in [-0.05, 0) is 41.0 Å². The van der Waals surface area contributed by atoms with Crippen molar-refractivity contribution in [1.82, 2.24) is 10.3 Å². The van der Waals surface area contributed by atoms with E-state index in [4.69, 9.17) is 12.2 Å². The molecule has 0 radical (unpaired) electrons. The summed E-state index contributed by atoms with van der Waals surface area (Å²) in [5, 5.41) is 13.2. The van der Waals surface area contributed by atoms with Crippen LogP contribution >= 0.6 is 34.9 Å². The molecule has 0 saturated carbocycles. The average molecular weight is 319 g/mol. The summed E-state index contributed by atoms with van der Waals surface area (Å²) < 4.78 is 1.34. The third-order valence-corrected chi connectivity index (χ3v) is 4.84. The first-order valence-corrected chi connectivity index (χ1v) is 8.39. The zero-order valence-corrected chi connectivity index (χ0v) is 13.1. The minimum absolute atomic E-state index is 0.625. The molecular formula is C14H13N3S3. The first kappa shape index (κ1) is 13.5. The van der Waals surface area contributed by atoms with Crippen LogP contribution in [0.15, 0.2) is 41.2 Å². The van der Waals surface area contributed by atoms with E-state index in [0.717, 1.165) is 18.1 Å². The maximum Gasteiger partial charge on any atom is 0.188 e. The summed E-state index contributed by atoms with van der Waals surface area (Å²) in [5.74, 6) is 0. The molecule has 0 aliphatic carbocycles. The quantitative estimate of drug-likeness (QED) is 0.716. The second kappa shape index (κ2) is 6.30. The van der Waals surface area contributed by atoms with Crippen LogP contribution in [0.1, 0.15) is 5.56 Å². The third kappa shape index (κ3) is 3.15. The number of anilines is 1. The molecule has 0 fully saturated rings. The second-order valence-corrected chi connectivity index (χ2v) is 6.44. The molecule has 2 N–H and O–H groups in total. The van der Waals surface area contributed by atoms with Gasteiger partial charge in [0.25, 0.3) is 0 Å². The summed E-state index contributed by atoms with van der Waals surface area (Å²) in [7, 11) is 0. The molecule has 0 aliphatic heterocycles. The van der Waals surface area contributed by atoms with E-state index in [1.54, 1.807) is 17.5 Å². The number of hydrogen-bond donors (Lipinski definition) is 2. The van der Waals surface area contributed by atoms with Crippen LogP contribution in [-0.4, -0.2) is 16.6 Å². The molecule has 3 nitrogen and oxygen atoms in total. The Bertz CT molecular complexity index is 703. The maximum absolute atomic E-state index is 5.24. The standard InChI is InChI=1S/C14H13N3S3/c18-13(17-14-16-7-8-19-14)15-6-5-10-9-20-12-4-2-1-3-11(10)12/h1-4,7-9H,5-6H2,(H2,15,16,17,18). The fourth-order valence-electron chi connectivity index (χ4n) is 1.96. The predicted molar refractivity (Wildman–Crippen MR) is 91.9 cm³/mol. The van der Waals surface area contributed by atoms with Crippen LogP contribution in [0.25, 0.3) is 10.1 Å². The van der Waals surface area contributed by atoms with Gasteiger partial charge in [-0.2, -0.15) is 0 Å². The van der Waals surface area contributed by atoms with Crippen molar-refractivity contribution < 1.29 is 0 Å². The molecule has 0 bridgehead atoms. The number of thiazole rings is 1. The van der Waals surface area contributed by atoms with Gasteiger partial charge in [0.15, 0.2) is 10.2 Å². The minimum atomic E-state index is 0.625. The molecule has 0 amide bonds. The number of thiocarbonyl (C=S) groups is 1. The Morgan fingerprint density at radius 2 is 2.15 bits per heavy atom. The summed E-state index contributed by atoms with van der Waals surface area (Å²) in [6, 6.07) is 8.49. The number of hydrogen-bond acceptors (Lipinski definition) is 4. The zero-order chi connectivity index (χ0) is 13.8. The molecule has 20 heavy (non-hydrogen) atoms. The van der Waals surface area contributed by atoms with E-state index in [-0.39, 0.29) is 0 Å². The fraction of sp³-hybridized carbons (Fsp3) is 0.143. The Labute approximate surface area is 130 Å². The Hall–Kier alpha value is -1.50. The molecule has 3 aromatic rings. The van der Waals surface area contributed by atoms with Gasteiger partial charge < -0.3 is 10.6 Å². The largest absolute Gasteiger partial charge is 0.362 e. The van der Waals surface area contributed by atoms with Gasteiger partial charge in [0.05, 0.1) is 0 Å². The van der Waals surface area contributed by atoms with Gasteiger partial charge in [0.1, 0.15) is 0 Å². The smallest absolute Gasteiger partial charge is 0.188 e. The molecule has 6 heteroatoms. The van der Waals surface area contributed by atoms with Gasteiger partial charge in [-0.1, -0.05) is 18.2 Å². The van der Waals surface area contributed by atoms with E-state index in [1.165, 1.54) is 27.0 Å². The van der Waals surface area contributed by atoms with Crippen molar-refractivity contribution in [1.29, 1.82) is 0 Å². The summed E-state index contributed by atoms with van der Waals surface area (Å²) in [4.78, 5) is 4.14. The number of fused-ring (bicyclic) bond motifs is 1. The van der Waals surface area contributed by atoms with Crippen molar-refractivity contribution in [3.05, 3.63) is 46.8 Å². The van der Waals surface area contributed by atoms with Gasteiger partial charge in [-0.3, -0.25) is 0 Å². The fourth-order valence-corrected chi connectivity index (χ4v) is 3.76. The van der Waals surface area contributed by atoms with E-state index < -0.39 is 0 Å². The number of aromatic nitrogens is 1. The first-order valence-electron chi connectivity index (χ1n) is 6.22. The van der Waals surface area contributed by atoms with Crippen molar-refractivity contribution >= 4 is 55.2 Å². The highest BCUT2D eigenvalue weighted by atomic mass is 32.1. The summed E-state index contributed by atoms with van der Waals surface area (Å²) in [6.45, 7) is 0.817. The molecule has 2 heterocycles. The number of rotatable bonds is 4. The minimum Gasteiger partial charge on any atom is -0.362 e. The van der Waals surface area contributed by atoms with Gasteiger partial charge in [0.2, 0.25) is 0 Å². The lowest BCUT2D eigenvalue weighted by atomic mass is 10.1. The molecule has 2 aromatic heterocycles. The van der Waals surface area contributed by atoms with E-state index >= 15 is 0 Å². The number of nitrogens with one attached hydrogen (secondary N) is 2. The second-order valence-electron chi connectivity index (χ2n) is 4.23. The number of nitrogens with zero attached hydrogens (tertiary/aromatic N) is 1. The van der Waals surface area contributed by atoms with Crippen LogP contribution in [0.3, 0.4) is 0 Å². The Morgan fingerprint density at radius 3 is 3.00 bits per heavy atom. The number of thiophene rings is 1. The molecule has 0 saturated heterocycles. The lowest BCUT2D eigenvalue weighted by Crippen LogP contribution is -2.30. The van der Waals surface area contributed by atoms with Gasteiger partial charge in [0, 0.05) is 22.8 Å². The van der Waals surface area contributed by atoms with Crippen LogP contribution < -0.4 is 10.6 Å². The summed E-state index contributed by atoms with van der Waals surface area (Å²) in [5.41, 5.74) is 1.37. The van der Waals surface area contributed by atoms with Crippen LogP contribution in [0.4, 0.5) is 5.13 Å². The van der Waals surface area contributed by atoms with E-state index in [9.17, 15) is 0 Å². The average Bonchev–Trinajstić information content (AvgIpc) is 3.09. The highest BCUT2D eigenvalue weighted by Gasteiger charge is 2.04. The zero-order valence-electron chi connectivity index (χ0n) is 10.6. The van der Waals surface area contributed by atoms with E-state index in [2.05, 4.69) is 45.3 Å². The molecule has 0 spiro atoms. The summed E-state index contributed by atoms with van der Waals surface area (Å²) >= 11 is 8.57. The van der Waals surface area contributed by atoms with Gasteiger partial charge in [-0.15, -0.1) is 22.7 Å². The molecule has 0 unspecified atom stereocenters. The SMILES string of the molecule is S=C(NCCc1csc2ccccc12)Nc1nccs1. The normalized spacial score (nSPS) is 10.6. The summed E-state index contributed by atoms with van der Waals surface area (Å²) in [6.07, 6.45) is 2.72. The van der Waals surface area contributed by atoms with Crippen molar-refractivity contribution in [2.75, 3.05) is 11.9 Å². The van der Waals surface area contributed by atoms with Gasteiger partial charge in [-0.25, -0.2) is 4.98 Å². The molecule has 102 valence electrons. The van der Waals surface area contributed by atoms with Gasteiger partial charge >= 0.3 is 0 Å². The maximum atomic E-state index is 5.24. The molecule has 0 aliphatic rings. The van der Waals surface area contributed by atoms with Crippen molar-refractivity contribution in [2.45, 2.75) is 6.42 Å². The van der Waals surface area contributed by atoms with E-state index in [0.29, 0.717) is 5.11 Å². The van der Waals surface area contributed by atoms with E-state index in [1.807, 2.05) is 5.38 Å². The molecular weight excluding hydrogens is 306 g/mol. The molecule has 0 atom stereocenters. The van der Waals surface area contributed by atoms with Crippen molar-refractivity contribution in [3.63, 3.8) is 0 Å². The Morgan fingerprint density at radius 1 is 1.25 bits per heavy atom. The topological polar surface area (TPSA) is 37.0 Å². The van der Waals surface area contributed by atoms with Crippen LogP contribution in [0.5, 0.6) is 0 Å². The molecule has 1 aromatic carbocycles. The lowest BCUT2D eigenvalue weighted by Gasteiger charge is -2.07.